The minimum atomic E-state index is -0.291. The minimum Gasteiger partial charge on any atom is -0.355 e. The number of hydrogen-bond acceptors (Lipinski definition) is 3. The molecule has 2 N–H and O–H groups in total. The highest BCUT2D eigenvalue weighted by Gasteiger charge is 2.08. The number of nitrogens with one attached hydrogen (secondary N) is 2. The molecule has 2 aromatic rings. The first-order valence-corrected chi connectivity index (χ1v) is 7.20. The zero-order valence-corrected chi connectivity index (χ0v) is 12.3. The summed E-state index contributed by atoms with van der Waals surface area (Å²) in [6, 6.07) is 13.6. The van der Waals surface area contributed by atoms with Gasteiger partial charge in [0.15, 0.2) is 0 Å². The number of hydrogen-bond donors (Lipinski definition) is 2. The lowest BCUT2D eigenvalue weighted by atomic mass is 10.1. The number of carbonyl (C=O) groups is 2. The van der Waals surface area contributed by atoms with E-state index in [2.05, 4.69) is 15.6 Å². The first-order chi connectivity index (χ1) is 10.7. The number of nitrogens with zero attached hydrogens (tertiary/aromatic N) is 1. The van der Waals surface area contributed by atoms with Crippen LogP contribution < -0.4 is 10.6 Å². The summed E-state index contributed by atoms with van der Waals surface area (Å²) in [6.07, 6.45) is 3.95. The van der Waals surface area contributed by atoms with E-state index in [1.807, 2.05) is 36.4 Å². The van der Waals surface area contributed by atoms with Crippen LogP contribution >= 0.6 is 0 Å². The van der Waals surface area contributed by atoms with Gasteiger partial charge in [-0.3, -0.25) is 14.6 Å². The molecule has 0 unspecified atom stereocenters. The summed E-state index contributed by atoms with van der Waals surface area (Å²) in [5, 5.41) is 5.45. The lowest BCUT2D eigenvalue weighted by Gasteiger charge is -2.06. The van der Waals surface area contributed by atoms with Gasteiger partial charge in [-0.25, -0.2) is 0 Å². The van der Waals surface area contributed by atoms with E-state index in [4.69, 9.17) is 0 Å². The van der Waals surface area contributed by atoms with Crippen LogP contribution in [0, 0.1) is 0 Å². The Morgan fingerprint density at radius 2 is 1.64 bits per heavy atom. The molecule has 0 aliphatic rings. The average molecular weight is 297 g/mol. The molecule has 0 fully saturated rings. The molecule has 1 heterocycles. The van der Waals surface area contributed by atoms with Crippen LogP contribution in [-0.2, 0) is 22.6 Å². The van der Waals surface area contributed by atoms with E-state index >= 15 is 0 Å². The Labute approximate surface area is 129 Å². The molecule has 0 atom stereocenters. The number of pyridine rings is 1. The van der Waals surface area contributed by atoms with Crippen LogP contribution in [0.5, 0.6) is 0 Å². The van der Waals surface area contributed by atoms with Gasteiger partial charge in [0.1, 0.15) is 6.42 Å². The maximum atomic E-state index is 11.7. The van der Waals surface area contributed by atoms with E-state index in [9.17, 15) is 9.59 Å². The van der Waals surface area contributed by atoms with Gasteiger partial charge >= 0.3 is 0 Å². The monoisotopic (exact) mass is 297 g/mol. The van der Waals surface area contributed by atoms with E-state index in [-0.39, 0.29) is 18.2 Å². The van der Waals surface area contributed by atoms with Crippen molar-refractivity contribution >= 4 is 11.8 Å². The molecule has 2 amide bonds. The highest BCUT2D eigenvalue weighted by Crippen LogP contribution is 1.98. The van der Waals surface area contributed by atoms with E-state index in [1.54, 1.807) is 18.5 Å². The van der Waals surface area contributed by atoms with Gasteiger partial charge in [-0.1, -0.05) is 36.4 Å². The second-order valence-corrected chi connectivity index (χ2v) is 4.90. The summed E-state index contributed by atoms with van der Waals surface area (Å²) in [5.41, 5.74) is 2.06. The summed E-state index contributed by atoms with van der Waals surface area (Å²) in [7, 11) is 0. The molecule has 1 aromatic heterocycles. The van der Waals surface area contributed by atoms with Crippen LogP contribution in [0.15, 0.2) is 54.9 Å². The van der Waals surface area contributed by atoms with Crippen LogP contribution in [0.25, 0.3) is 0 Å². The highest BCUT2D eigenvalue weighted by atomic mass is 16.2. The molecule has 0 aliphatic carbocycles. The Morgan fingerprint density at radius 3 is 2.36 bits per heavy atom. The van der Waals surface area contributed by atoms with Crippen LogP contribution in [0.4, 0.5) is 0 Å². The van der Waals surface area contributed by atoms with Crippen molar-refractivity contribution in [2.45, 2.75) is 19.4 Å². The largest absolute Gasteiger partial charge is 0.355 e. The van der Waals surface area contributed by atoms with Crippen molar-refractivity contribution < 1.29 is 9.59 Å². The maximum Gasteiger partial charge on any atom is 0.229 e. The molecule has 0 saturated heterocycles. The molecule has 1 aromatic carbocycles. The predicted octanol–water partition coefficient (Wildman–Crippen LogP) is 1.45. The molecule has 5 nitrogen and oxygen atoms in total. The molecule has 5 heteroatoms. The quantitative estimate of drug-likeness (QED) is 0.760. The zero-order valence-electron chi connectivity index (χ0n) is 12.3. The number of benzene rings is 1. The van der Waals surface area contributed by atoms with Gasteiger partial charge in [-0.05, 0) is 23.6 Å². The second kappa shape index (κ2) is 8.56. The number of amides is 2. The maximum absolute atomic E-state index is 11.7. The average Bonchev–Trinajstić information content (AvgIpc) is 2.55. The van der Waals surface area contributed by atoms with Crippen molar-refractivity contribution in [1.29, 1.82) is 0 Å². The van der Waals surface area contributed by atoms with E-state index in [0.717, 1.165) is 17.5 Å². The van der Waals surface area contributed by atoms with Crippen molar-refractivity contribution in [2.24, 2.45) is 0 Å². The van der Waals surface area contributed by atoms with E-state index in [1.165, 1.54) is 0 Å². The zero-order chi connectivity index (χ0) is 15.6. The predicted molar refractivity (Wildman–Crippen MR) is 83.9 cm³/mol. The van der Waals surface area contributed by atoms with Gasteiger partial charge in [-0.15, -0.1) is 0 Å². The molecule has 0 aliphatic heterocycles. The van der Waals surface area contributed by atoms with Crippen molar-refractivity contribution in [3.63, 3.8) is 0 Å². The molecule has 0 radical (unpaired) electrons. The van der Waals surface area contributed by atoms with Crippen LogP contribution in [0.3, 0.4) is 0 Å². The standard InChI is InChI=1S/C17H19N3O2/c21-16(19-10-8-14-5-2-1-3-6-14)11-17(22)20-13-15-7-4-9-18-12-15/h1-7,9,12H,8,10-11,13H2,(H,19,21)(H,20,22). The SMILES string of the molecule is O=C(CC(=O)NCc1cccnc1)NCCc1ccccc1. The molecular weight excluding hydrogens is 278 g/mol. The lowest BCUT2D eigenvalue weighted by Crippen LogP contribution is -2.32. The molecule has 114 valence electrons. The minimum absolute atomic E-state index is 0.158. The summed E-state index contributed by atoms with van der Waals surface area (Å²) < 4.78 is 0. The molecule has 0 spiro atoms. The third kappa shape index (κ3) is 5.75. The third-order valence-corrected chi connectivity index (χ3v) is 3.11. The Morgan fingerprint density at radius 1 is 0.909 bits per heavy atom. The lowest BCUT2D eigenvalue weighted by molar-refractivity contribution is -0.129. The van der Waals surface area contributed by atoms with Gasteiger partial charge in [0.2, 0.25) is 11.8 Å². The fourth-order valence-electron chi connectivity index (χ4n) is 1.97. The number of aromatic nitrogens is 1. The van der Waals surface area contributed by atoms with Crippen LogP contribution in [-0.4, -0.2) is 23.3 Å². The summed E-state index contributed by atoms with van der Waals surface area (Å²) in [4.78, 5) is 27.3. The Hall–Kier alpha value is -2.69. The van der Waals surface area contributed by atoms with Gasteiger partial charge in [-0.2, -0.15) is 0 Å². The van der Waals surface area contributed by atoms with Crippen LogP contribution in [0.2, 0.25) is 0 Å². The second-order valence-electron chi connectivity index (χ2n) is 4.90. The van der Waals surface area contributed by atoms with E-state index in [0.29, 0.717) is 13.1 Å². The van der Waals surface area contributed by atoms with Crippen molar-refractivity contribution in [1.82, 2.24) is 15.6 Å². The molecular formula is C17H19N3O2. The molecule has 22 heavy (non-hydrogen) atoms. The first kappa shape index (κ1) is 15.7. The van der Waals surface area contributed by atoms with Crippen molar-refractivity contribution in [3.8, 4) is 0 Å². The van der Waals surface area contributed by atoms with Crippen molar-refractivity contribution in [3.05, 3.63) is 66.0 Å². The Balaban J connectivity index is 1.63. The third-order valence-electron chi connectivity index (χ3n) is 3.11. The number of rotatable bonds is 7. The topological polar surface area (TPSA) is 71.1 Å². The summed E-state index contributed by atoms with van der Waals surface area (Å²) in [6.45, 7) is 0.905. The fraction of sp³-hybridized carbons (Fsp3) is 0.235. The molecule has 0 bridgehead atoms. The number of carbonyl (C=O) groups excluding carboxylic acids is 2. The molecule has 2 rings (SSSR count). The smallest absolute Gasteiger partial charge is 0.229 e. The highest BCUT2D eigenvalue weighted by molar-refractivity contribution is 5.96. The normalized spacial score (nSPS) is 10.0. The Kier molecular flexibility index (Phi) is 6.11. The first-order valence-electron chi connectivity index (χ1n) is 7.20. The fourth-order valence-corrected chi connectivity index (χ4v) is 1.97. The Bertz CT molecular complexity index is 600. The van der Waals surface area contributed by atoms with E-state index < -0.39 is 0 Å². The summed E-state index contributed by atoms with van der Waals surface area (Å²) in [5.74, 6) is -0.555. The van der Waals surface area contributed by atoms with Gasteiger partial charge < -0.3 is 10.6 Å². The van der Waals surface area contributed by atoms with Gasteiger partial charge in [0.05, 0.1) is 0 Å². The van der Waals surface area contributed by atoms with Gasteiger partial charge in [0, 0.05) is 25.5 Å². The van der Waals surface area contributed by atoms with Gasteiger partial charge in [0.25, 0.3) is 0 Å². The van der Waals surface area contributed by atoms with Crippen molar-refractivity contribution in [2.75, 3.05) is 6.54 Å². The summed E-state index contributed by atoms with van der Waals surface area (Å²) >= 11 is 0. The molecule has 0 saturated carbocycles. The van der Waals surface area contributed by atoms with Crippen LogP contribution in [0.1, 0.15) is 17.5 Å².